The lowest BCUT2D eigenvalue weighted by atomic mass is 10.00. The maximum Gasteiger partial charge on any atom is 0.348 e. The van der Waals surface area contributed by atoms with Crippen molar-refractivity contribution < 1.29 is 38.2 Å². The number of rotatable bonds is 1. The summed E-state index contributed by atoms with van der Waals surface area (Å²) in [6.45, 7) is 43.8. The fourth-order valence-electron chi connectivity index (χ4n) is 7.23. The highest BCUT2D eigenvalue weighted by Crippen LogP contribution is 2.40. The number of carbonyl (C=O) groups excluding carboxylic acids is 6. The van der Waals surface area contributed by atoms with E-state index in [1.807, 2.05) is 91.0 Å². The monoisotopic (exact) mass is 1230 g/mol. The number of aldehydes is 1. The van der Waals surface area contributed by atoms with Gasteiger partial charge in [-0.1, -0.05) is 136 Å². The van der Waals surface area contributed by atoms with Crippen molar-refractivity contribution in [1.29, 1.82) is 36.8 Å². The standard InChI is InChI=1S/C17H10N2.C10H8N4O2.C10H6N2.C9H6OS.C7H8O4.C6H6O2.C4H2N2.C4H5N.C2H4O/c1-11-7-14-8-12-5-3-4-6-13(12)9-15(14)17(11)16(10-18)19-2;1-6-9(15)13(2)8(7(4-11)5-12)14(3)10(6)16;1-12-10(8-11)7-9-5-3-2-4-6-9;1-6-9(10)7-4-2-3-5-8(7)11-6;1-4-5(8)10-7(2,3)11-6(4)9;1-4-5(7)2-3-6(4)8;1-4(2-5)3-6;1-4(2)3-5;1-2-3/h3-6,8-9H,1,7H2;1H2,2-3H3;2-7H;2-5H,1H2;1H2,2-3H3;1-3H2;1H2;1H2,2H3;2H,1H3/b17-16+;;10-7+;;;;;;. The molecule has 0 amide bonds. The Morgan fingerprint density at radius 1 is 0.648 bits per heavy atom. The number of ether oxygens (including phenoxy) is 2. The summed E-state index contributed by atoms with van der Waals surface area (Å²) in [5.41, 5.74) is 4.54. The SMILES string of the molecule is C=C(C#N)C#N.C=C(C)C#N.C=C1C(=O)CCC1=O.C=C1C(=O)OC(C)(C)OC1=O.C=C1Sc2ccccc2C1=O.C=c1c(=O)n(C)c(=C(C#N)C#N)n(C)c1=O.CC=O.[C-]#[N+]/C(C#N)=C/c1ccccc1.[C-]#[N+]/C(C#N)=C1\C(=C)Cc2cc3ccccc3cc21. The van der Waals surface area contributed by atoms with E-state index in [9.17, 15) is 33.6 Å². The number of hydrogen-bond donors (Lipinski definition) is 0. The third-order valence-corrected chi connectivity index (χ3v) is 12.5. The zero-order valence-electron chi connectivity index (χ0n) is 50.3. The molecule has 1 saturated heterocycles. The summed E-state index contributed by atoms with van der Waals surface area (Å²) in [4.78, 5) is 93.8. The Morgan fingerprint density at radius 3 is 1.52 bits per heavy atom. The Hall–Kier alpha value is -13.1. The number of nitriles is 7. The van der Waals surface area contributed by atoms with Crippen LogP contribution in [0.1, 0.15) is 67.6 Å². The average molecular weight is 1230 g/mol. The number of ketones is 3. The van der Waals surface area contributed by atoms with Gasteiger partial charge in [0.05, 0.1) is 47.0 Å². The molecule has 2 aliphatic carbocycles. The van der Waals surface area contributed by atoms with Crippen LogP contribution in [0.5, 0.6) is 0 Å². The second kappa shape index (κ2) is 37.3. The van der Waals surface area contributed by atoms with Crippen LogP contribution in [0, 0.1) is 92.5 Å². The molecule has 5 aromatic rings. The van der Waals surface area contributed by atoms with Gasteiger partial charge in [-0.3, -0.25) is 33.1 Å². The first-order valence-electron chi connectivity index (χ1n) is 25.9. The van der Waals surface area contributed by atoms with Crippen molar-refractivity contribution in [3.05, 3.63) is 251 Å². The predicted octanol–water partition coefficient (Wildman–Crippen LogP) is 9.49. The number of benzene rings is 4. The Balaban J connectivity index is 0.000000532. The molecule has 0 atom stereocenters. The van der Waals surface area contributed by atoms with Crippen LogP contribution in [0.25, 0.3) is 44.3 Å². The number of cyclic esters (lactones) is 2. The van der Waals surface area contributed by atoms with Crippen LogP contribution in [0.4, 0.5) is 0 Å². The molecule has 0 spiro atoms. The van der Waals surface area contributed by atoms with Crippen LogP contribution in [-0.2, 0) is 54.0 Å². The van der Waals surface area contributed by atoms with E-state index in [4.69, 9.17) is 54.8 Å². The van der Waals surface area contributed by atoms with Crippen molar-refractivity contribution >= 4 is 81.9 Å². The van der Waals surface area contributed by atoms with Crippen molar-refractivity contribution in [1.82, 2.24) is 9.13 Å². The molecule has 22 heteroatoms. The molecule has 0 unspecified atom stereocenters. The van der Waals surface area contributed by atoms with Gasteiger partial charge >= 0.3 is 11.9 Å². The minimum atomic E-state index is -1.16. The number of allylic oxidation sites excluding steroid dienone is 8. The number of aromatic nitrogens is 2. The molecule has 91 heavy (non-hydrogen) atoms. The molecular weight excluding hydrogens is 1170 g/mol. The molecule has 452 valence electrons. The van der Waals surface area contributed by atoms with Crippen molar-refractivity contribution in [2.75, 3.05) is 0 Å². The van der Waals surface area contributed by atoms with Gasteiger partial charge < -0.3 is 14.3 Å². The average Bonchev–Trinajstić information content (AvgIpc) is 1.78. The lowest BCUT2D eigenvalue weighted by Gasteiger charge is -2.29. The van der Waals surface area contributed by atoms with E-state index < -0.39 is 28.8 Å². The summed E-state index contributed by atoms with van der Waals surface area (Å²) in [6, 6.07) is 41.2. The van der Waals surface area contributed by atoms with E-state index in [2.05, 4.69) is 83.4 Å². The number of fused-ring (bicyclic) bond motifs is 3. The Bertz CT molecular complexity index is 4430. The summed E-state index contributed by atoms with van der Waals surface area (Å²) < 4.78 is 11.5. The van der Waals surface area contributed by atoms with Crippen LogP contribution in [0.2, 0.25) is 0 Å². The number of carbonyl (C=O) groups is 6. The van der Waals surface area contributed by atoms with Gasteiger partial charge in [0.1, 0.15) is 47.2 Å². The number of hydrogen-bond acceptors (Lipinski definition) is 18. The van der Waals surface area contributed by atoms with E-state index >= 15 is 0 Å². The predicted molar refractivity (Wildman–Crippen MR) is 341 cm³/mol. The lowest BCUT2D eigenvalue weighted by molar-refractivity contribution is -0.222. The minimum Gasteiger partial charge on any atom is -0.419 e. The molecular formula is C69H55N11O10S. The maximum absolute atomic E-state index is 11.6. The van der Waals surface area contributed by atoms with Crippen LogP contribution in [0.3, 0.4) is 0 Å². The van der Waals surface area contributed by atoms with Crippen LogP contribution in [-0.4, -0.2) is 50.5 Å². The van der Waals surface area contributed by atoms with E-state index in [1.54, 1.807) is 37.3 Å². The fraction of sp³-hybridized carbons (Fsp3) is 0.145. The van der Waals surface area contributed by atoms with E-state index in [0.29, 0.717) is 23.3 Å². The van der Waals surface area contributed by atoms with Gasteiger partial charge in [0.2, 0.25) is 0 Å². The summed E-state index contributed by atoms with van der Waals surface area (Å²) in [5, 5.41) is 60.4. The highest BCUT2D eigenvalue weighted by Gasteiger charge is 2.37. The smallest absolute Gasteiger partial charge is 0.348 e. The molecule has 1 saturated carbocycles. The van der Waals surface area contributed by atoms with Gasteiger partial charge in [-0.15, -0.1) is 0 Å². The Morgan fingerprint density at radius 2 is 1.12 bits per heavy atom. The zero-order valence-corrected chi connectivity index (χ0v) is 51.1. The van der Waals surface area contributed by atoms with E-state index in [1.165, 1.54) is 52.0 Å². The fourth-order valence-corrected chi connectivity index (χ4v) is 8.12. The molecule has 2 fully saturated rings. The molecule has 3 heterocycles. The minimum absolute atomic E-state index is 0.0209. The molecule has 9 rings (SSSR count). The van der Waals surface area contributed by atoms with Gasteiger partial charge in [0.15, 0.2) is 22.9 Å². The quantitative estimate of drug-likeness (QED) is 0.0376. The Kier molecular flexibility index (Phi) is 31.1. The van der Waals surface area contributed by atoms with E-state index in [0.717, 1.165) is 65.5 Å². The lowest BCUT2D eigenvalue weighted by Crippen LogP contribution is -2.56. The highest BCUT2D eigenvalue weighted by atomic mass is 32.2. The molecule has 4 aromatic carbocycles. The van der Waals surface area contributed by atoms with Gasteiger partial charge in [-0.05, 0) is 72.0 Å². The summed E-state index contributed by atoms with van der Waals surface area (Å²) in [5.74, 6) is -2.69. The number of esters is 2. The van der Waals surface area contributed by atoms with Crippen LogP contribution >= 0.6 is 11.8 Å². The largest absolute Gasteiger partial charge is 0.419 e. The van der Waals surface area contributed by atoms with Crippen LogP contribution < -0.4 is 21.8 Å². The molecule has 2 aliphatic heterocycles. The van der Waals surface area contributed by atoms with Gasteiger partial charge in [-0.25, -0.2) is 29.8 Å². The summed E-state index contributed by atoms with van der Waals surface area (Å²) in [6.07, 6.45) is 3.78. The second-order valence-electron chi connectivity index (χ2n) is 18.5. The van der Waals surface area contributed by atoms with Crippen molar-refractivity contribution in [2.45, 2.75) is 57.6 Å². The molecule has 1 aromatic heterocycles. The first kappa shape index (κ1) is 75.9. The first-order valence-corrected chi connectivity index (χ1v) is 26.7. The number of nitrogens with zero attached hydrogens (tertiary/aromatic N) is 11. The Labute approximate surface area is 529 Å². The summed E-state index contributed by atoms with van der Waals surface area (Å²) in [7, 11) is 2.75. The first-order chi connectivity index (χ1) is 43.0. The van der Waals surface area contributed by atoms with Gasteiger partial charge in [0.25, 0.3) is 28.3 Å². The number of thioether (sulfide) groups is 1. The van der Waals surface area contributed by atoms with E-state index in [-0.39, 0.29) is 61.7 Å². The second-order valence-corrected chi connectivity index (χ2v) is 19.7. The molecule has 4 aliphatic rings. The van der Waals surface area contributed by atoms with Crippen molar-refractivity contribution in [3.8, 4) is 42.5 Å². The van der Waals surface area contributed by atoms with Crippen molar-refractivity contribution in [2.24, 2.45) is 14.1 Å². The molecule has 21 nitrogen and oxygen atoms in total. The molecule has 0 radical (unpaired) electrons. The zero-order chi connectivity index (χ0) is 69.3. The van der Waals surface area contributed by atoms with Gasteiger partial charge in [0, 0.05) is 62.4 Å². The maximum atomic E-state index is 11.6. The number of Topliss-reactive ketones (excluding diaryl/α,β-unsaturated/α-hetero) is 3. The van der Waals surface area contributed by atoms with Crippen molar-refractivity contribution in [3.63, 3.8) is 0 Å². The topological polar surface area (TPSA) is 340 Å². The molecule has 0 N–H and O–H groups in total. The molecule has 0 bridgehead atoms. The van der Waals surface area contributed by atoms with Crippen LogP contribution in [0.15, 0.2) is 189 Å². The normalized spacial score (nSPS) is 13.4. The summed E-state index contributed by atoms with van der Waals surface area (Å²) >= 11 is 1.46. The highest BCUT2D eigenvalue weighted by molar-refractivity contribution is 8.04. The van der Waals surface area contributed by atoms with Gasteiger partial charge in [-0.2, -0.15) is 26.3 Å². The third kappa shape index (κ3) is 22.7. The third-order valence-electron chi connectivity index (χ3n) is 11.5.